The Balaban J connectivity index is 1.64. The summed E-state index contributed by atoms with van der Waals surface area (Å²) in [6.07, 6.45) is 0.299. The van der Waals surface area contributed by atoms with Crippen molar-refractivity contribution in [2.24, 2.45) is 5.41 Å². The molecule has 0 atom stereocenters. The summed E-state index contributed by atoms with van der Waals surface area (Å²) in [5.74, 6) is -0.109. The fraction of sp³-hybridized carbons (Fsp3) is 0.333. The third-order valence-corrected chi connectivity index (χ3v) is 4.03. The molecule has 0 saturated heterocycles. The molecule has 6 nitrogen and oxygen atoms in total. The molecule has 0 unspecified atom stereocenters. The largest absolute Gasteiger partial charge is 0.338 e. The van der Waals surface area contributed by atoms with Crippen molar-refractivity contribution >= 4 is 11.9 Å². The highest BCUT2D eigenvalue weighted by Gasteiger charge is 2.22. The standard InChI is InChI=1S/C21H28N4O2/c1-21(2,13-19(26)25-24-15-18-11-7-4-8-12-18)16-23-20(27)22-14-17-9-5-3-6-10-17/h3-12,24H,13-16H2,1-2H3,(H,25,26)(H2,22,23,27). The smallest absolute Gasteiger partial charge is 0.315 e. The number of carbonyl (C=O) groups is 2. The van der Waals surface area contributed by atoms with Crippen molar-refractivity contribution in [1.29, 1.82) is 0 Å². The van der Waals surface area contributed by atoms with Crippen LogP contribution in [0.25, 0.3) is 0 Å². The summed E-state index contributed by atoms with van der Waals surface area (Å²) in [6, 6.07) is 19.3. The quantitative estimate of drug-likeness (QED) is 0.514. The van der Waals surface area contributed by atoms with E-state index in [2.05, 4.69) is 21.5 Å². The van der Waals surface area contributed by atoms with Crippen molar-refractivity contribution in [3.05, 3.63) is 71.8 Å². The zero-order valence-corrected chi connectivity index (χ0v) is 15.9. The zero-order valence-electron chi connectivity index (χ0n) is 15.9. The van der Waals surface area contributed by atoms with Gasteiger partial charge in [0.05, 0.1) is 0 Å². The lowest BCUT2D eigenvalue weighted by Gasteiger charge is -2.24. The minimum atomic E-state index is -0.359. The summed E-state index contributed by atoms with van der Waals surface area (Å²) < 4.78 is 0. The Kier molecular flexibility index (Phi) is 7.82. The van der Waals surface area contributed by atoms with Gasteiger partial charge in [0, 0.05) is 26.1 Å². The molecule has 6 heteroatoms. The number of nitrogens with one attached hydrogen (secondary N) is 4. The topological polar surface area (TPSA) is 82.3 Å². The van der Waals surface area contributed by atoms with Crippen LogP contribution in [-0.4, -0.2) is 18.5 Å². The summed E-state index contributed by atoms with van der Waals surface area (Å²) in [5, 5.41) is 5.64. The lowest BCUT2D eigenvalue weighted by atomic mass is 9.89. The van der Waals surface area contributed by atoms with Gasteiger partial charge in [-0.05, 0) is 16.5 Å². The zero-order chi connectivity index (χ0) is 19.5. The third-order valence-electron chi connectivity index (χ3n) is 4.03. The second-order valence-corrected chi connectivity index (χ2v) is 7.25. The van der Waals surface area contributed by atoms with Crippen LogP contribution in [0.3, 0.4) is 0 Å². The second kappa shape index (κ2) is 10.3. The van der Waals surface area contributed by atoms with E-state index in [1.54, 1.807) is 0 Å². The molecule has 0 heterocycles. The first kappa shape index (κ1) is 20.5. The molecule has 2 aromatic rings. The van der Waals surface area contributed by atoms with Crippen LogP contribution in [0.1, 0.15) is 31.4 Å². The van der Waals surface area contributed by atoms with E-state index in [1.807, 2.05) is 74.5 Å². The highest BCUT2D eigenvalue weighted by atomic mass is 16.2. The van der Waals surface area contributed by atoms with Gasteiger partial charge in [0.2, 0.25) is 5.91 Å². The maximum Gasteiger partial charge on any atom is 0.315 e. The van der Waals surface area contributed by atoms with Gasteiger partial charge >= 0.3 is 6.03 Å². The van der Waals surface area contributed by atoms with Crippen LogP contribution in [0, 0.1) is 5.41 Å². The highest BCUT2D eigenvalue weighted by Crippen LogP contribution is 2.18. The van der Waals surface area contributed by atoms with Crippen molar-refractivity contribution < 1.29 is 9.59 Å². The van der Waals surface area contributed by atoms with Crippen LogP contribution < -0.4 is 21.5 Å². The molecule has 2 aromatic carbocycles. The molecule has 2 rings (SSSR count). The van der Waals surface area contributed by atoms with Crippen LogP contribution in [0.4, 0.5) is 4.79 Å². The lowest BCUT2D eigenvalue weighted by Crippen LogP contribution is -2.44. The van der Waals surface area contributed by atoms with Crippen molar-refractivity contribution in [3.8, 4) is 0 Å². The minimum absolute atomic E-state index is 0.109. The van der Waals surface area contributed by atoms with E-state index < -0.39 is 0 Å². The molecule has 0 aliphatic heterocycles. The molecule has 27 heavy (non-hydrogen) atoms. The normalized spacial score (nSPS) is 10.9. The molecule has 0 bridgehead atoms. The van der Waals surface area contributed by atoms with Crippen LogP contribution >= 0.6 is 0 Å². The number of hydrogen-bond acceptors (Lipinski definition) is 3. The van der Waals surface area contributed by atoms with Crippen molar-refractivity contribution in [2.45, 2.75) is 33.4 Å². The van der Waals surface area contributed by atoms with Crippen molar-refractivity contribution in [2.75, 3.05) is 6.54 Å². The van der Waals surface area contributed by atoms with Crippen LogP contribution in [0.5, 0.6) is 0 Å². The van der Waals surface area contributed by atoms with E-state index in [9.17, 15) is 9.59 Å². The molecule has 3 amide bonds. The van der Waals surface area contributed by atoms with E-state index in [0.29, 0.717) is 26.1 Å². The maximum atomic E-state index is 12.1. The first-order valence-electron chi connectivity index (χ1n) is 9.06. The molecule has 0 aromatic heterocycles. The number of benzene rings is 2. The van der Waals surface area contributed by atoms with Gasteiger partial charge in [-0.1, -0.05) is 74.5 Å². The van der Waals surface area contributed by atoms with Crippen LogP contribution in [0.15, 0.2) is 60.7 Å². The van der Waals surface area contributed by atoms with Gasteiger partial charge < -0.3 is 10.6 Å². The Morgan fingerprint density at radius 3 is 1.96 bits per heavy atom. The molecule has 0 fully saturated rings. The molecule has 4 N–H and O–H groups in total. The van der Waals surface area contributed by atoms with Crippen LogP contribution in [0.2, 0.25) is 0 Å². The number of urea groups is 1. The third kappa shape index (κ3) is 8.37. The summed E-state index contributed by atoms with van der Waals surface area (Å²) >= 11 is 0. The Bertz CT molecular complexity index is 717. The lowest BCUT2D eigenvalue weighted by molar-refractivity contribution is -0.124. The fourth-order valence-electron chi connectivity index (χ4n) is 2.54. The Morgan fingerprint density at radius 1 is 0.815 bits per heavy atom. The van der Waals surface area contributed by atoms with Gasteiger partial charge in [-0.25, -0.2) is 10.2 Å². The van der Waals surface area contributed by atoms with Gasteiger partial charge in [0.15, 0.2) is 0 Å². The van der Waals surface area contributed by atoms with E-state index in [1.165, 1.54) is 0 Å². The fourth-order valence-corrected chi connectivity index (χ4v) is 2.54. The number of rotatable bonds is 9. The van der Waals surface area contributed by atoms with Crippen molar-refractivity contribution in [3.63, 3.8) is 0 Å². The molecule has 0 aliphatic carbocycles. The molecular formula is C21H28N4O2. The van der Waals surface area contributed by atoms with Crippen LogP contribution in [-0.2, 0) is 17.9 Å². The molecule has 144 valence electrons. The molecule has 0 spiro atoms. The monoisotopic (exact) mass is 368 g/mol. The molecule has 0 aliphatic rings. The van der Waals surface area contributed by atoms with E-state index >= 15 is 0 Å². The molecular weight excluding hydrogens is 340 g/mol. The van der Waals surface area contributed by atoms with Gasteiger partial charge in [0.25, 0.3) is 0 Å². The predicted octanol–water partition coefficient (Wildman–Crippen LogP) is 2.72. The first-order valence-corrected chi connectivity index (χ1v) is 9.06. The number of carbonyl (C=O) groups excluding carboxylic acids is 2. The molecule has 0 saturated carbocycles. The predicted molar refractivity (Wildman–Crippen MR) is 107 cm³/mol. The summed E-state index contributed by atoms with van der Waals surface area (Å²) in [4.78, 5) is 24.0. The SMILES string of the molecule is CC(C)(CNC(=O)NCc1ccccc1)CC(=O)NNCc1ccccc1. The Morgan fingerprint density at radius 2 is 1.37 bits per heavy atom. The van der Waals surface area contributed by atoms with E-state index in [-0.39, 0.29) is 17.4 Å². The van der Waals surface area contributed by atoms with E-state index in [4.69, 9.17) is 0 Å². The number of hydrazine groups is 1. The van der Waals surface area contributed by atoms with Crippen molar-refractivity contribution in [1.82, 2.24) is 21.5 Å². The average Bonchev–Trinajstić information content (AvgIpc) is 2.66. The van der Waals surface area contributed by atoms with E-state index in [0.717, 1.165) is 11.1 Å². The Labute approximate surface area is 160 Å². The molecule has 0 radical (unpaired) electrons. The first-order chi connectivity index (χ1) is 12.9. The maximum absolute atomic E-state index is 12.1. The number of amides is 3. The Hall–Kier alpha value is -2.86. The average molecular weight is 368 g/mol. The summed E-state index contributed by atoms with van der Waals surface area (Å²) in [6.45, 7) is 5.33. The summed E-state index contributed by atoms with van der Waals surface area (Å²) in [5.41, 5.74) is 7.40. The van der Waals surface area contributed by atoms with Gasteiger partial charge in [-0.15, -0.1) is 0 Å². The van der Waals surface area contributed by atoms with Gasteiger partial charge in [-0.3, -0.25) is 10.2 Å². The number of hydrogen-bond donors (Lipinski definition) is 4. The highest BCUT2D eigenvalue weighted by molar-refractivity contribution is 5.76. The minimum Gasteiger partial charge on any atom is -0.338 e. The van der Waals surface area contributed by atoms with Gasteiger partial charge in [-0.2, -0.15) is 0 Å². The van der Waals surface area contributed by atoms with Gasteiger partial charge in [0.1, 0.15) is 0 Å². The second-order valence-electron chi connectivity index (χ2n) is 7.25. The summed E-state index contributed by atoms with van der Waals surface area (Å²) in [7, 11) is 0.